The van der Waals surface area contributed by atoms with E-state index in [0.717, 1.165) is 9.86 Å². The molecule has 19 heavy (non-hydrogen) atoms. The minimum absolute atomic E-state index is 0.179. The van der Waals surface area contributed by atoms with Crippen molar-refractivity contribution in [1.29, 1.82) is 0 Å². The van der Waals surface area contributed by atoms with Crippen LogP contribution in [0, 0.1) is 0 Å². The fraction of sp³-hybridized carbons (Fsp3) is 0. The standard InChI is InChI=1S/C13H9BrN4O/c14-10-4-2-1-3-8(10)13(19)17-11-5-6-15-12-9(11)7-16-18-12/h1-7H,(H2,15,16,17,18,19). The molecule has 94 valence electrons. The predicted molar refractivity (Wildman–Crippen MR) is 76.0 cm³/mol. The Morgan fingerprint density at radius 2 is 2.11 bits per heavy atom. The van der Waals surface area contributed by atoms with E-state index in [1.165, 1.54) is 0 Å². The molecule has 0 bridgehead atoms. The molecule has 0 aliphatic carbocycles. The number of nitrogens with zero attached hydrogens (tertiary/aromatic N) is 2. The number of rotatable bonds is 2. The van der Waals surface area contributed by atoms with Gasteiger partial charge in [-0.15, -0.1) is 0 Å². The summed E-state index contributed by atoms with van der Waals surface area (Å²) in [4.78, 5) is 16.3. The summed E-state index contributed by atoms with van der Waals surface area (Å²) in [7, 11) is 0. The first-order valence-electron chi connectivity index (χ1n) is 5.59. The van der Waals surface area contributed by atoms with E-state index in [9.17, 15) is 4.79 Å². The normalized spacial score (nSPS) is 10.6. The molecule has 2 heterocycles. The molecule has 0 aliphatic heterocycles. The molecule has 3 rings (SSSR count). The summed E-state index contributed by atoms with van der Waals surface area (Å²) >= 11 is 3.36. The molecule has 0 spiro atoms. The largest absolute Gasteiger partial charge is 0.321 e. The van der Waals surface area contributed by atoms with Crippen molar-refractivity contribution in [2.75, 3.05) is 5.32 Å². The number of hydrogen-bond donors (Lipinski definition) is 2. The highest BCUT2D eigenvalue weighted by molar-refractivity contribution is 9.10. The second-order valence-corrected chi connectivity index (χ2v) is 4.78. The zero-order valence-corrected chi connectivity index (χ0v) is 11.3. The van der Waals surface area contributed by atoms with Gasteiger partial charge in [-0.25, -0.2) is 4.98 Å². The van der Waals surface area contributed by atoms with Gasteiger partial charge >= 0.3 is 0 Å². The minimum atomic E-state index is -0.179. The number of pyridine rings is 1. The molecule has 0 aliphatic rings. The third kappa shape index (κ3) is 2.22. The molecule has 2 N–H and O–H groups in total. The number of benzene rings is 1. The van der Waals surface area contributed by atoms with Crippen LogP contribution < -0.4 is 5.32 Å². The topological polar surface area (TPSA) is 70.7 Å². The lowest BCUT2D eigenvalue weighted by molar-refractivity contribution is 0.102. The number of H-pyrrole nitrogens is 1. The maximum Gasteiger partial charge on any atom is 0.256 e. The van der Waals surface area contributed by atoms with Crippen LogP contribution in [0.25, 0.3) is 11.0 Å². The number of anilines is 1. The van der Waals surface area contributed by atoms with Crippen LogP contribution in [0.2, 0.25) is 0 Å². The van der Waals surface area contributed by atoms with Crippen molar-refractivity contribution < 1.29 is 4.79 Å². The number of aromatic nitrogens is 3. The lowest BCUT2D eigenvalue weighted by Crippen LogP contribution is -2.12. The average molecular weight is 317 g/mol. The van der Waals surface area contributed by atoms with Gasteiger partial charge in [0.2, 0.25) is 0 Å². The lowest BCUT2D eigenvalue weighted by atomic mass is 10.2. The number of nitrogens with one attached hydrogen (secondary N) is 2. The summed E-state index contributed by atoms with van der Waals surface area (Å²) in [5, 5.41) is 10.3. The zero-order valence-electron chi connectivity index (χ0n) is 9.72. The number of fused-ring (bicyclic) bond motifs is 1. The molecule has 1 amide bonds. The van der Waals surface area contributed by atoms with Crippen LogP contribution in [0.15, 0.2) is 47.2 Å². The highest BCUT2D eigenvalue weighted by atomic mass is 79.9. The summed E-state index contributed by atoms with van der Waals surface area (Å²) in [6.07, 6.45) is 3.26. The van der Waals surface area contributed by atoms with Crippen molar-refractivity contribution in [3.63, 3.8) is 0 Å². The molecule has 2 aromatic heterocycles. The predicted octanol–water partition coefficient (Wildman–Crippen LogP) is 2.97. The van der Waals surface area contributed by atoms with Gasteiger partial charge in [0.1, 0.15) is 0 Å². The molecular weight excluding hydrogens is 308 g/mol. The molecule has 0 saturated heterocycles. The monoisotopic (exact) mass is 316 g/mol. The van der Waals surface area contributed by atoms with Crippen LogP contribution in [0.4, 0.5) is 5.69 Å². The summed E-state index contributed by atoms with van der Waals surface area (Å²) in [5.74, 6) is -0.179. The van der Waals surface area contributed by atoms with Gasteiger partial charge in [-0.2, -0.15) is 5.10 Å². The molecule has 0 unspecified atom stereocenters. The zero-order chi connectivity index (χ0) is 13.2. The smallest absolute Gasteiger partial charge is 0.256 e. The molecule has 0 fully saturated rings. The van der Waals surface area contributed by atoms with E-state index in [0.29, 0.717) is 16.9 Å². The third-order valence-electron chi connectivity index (χ3n) is 2.72. The summed E-state index contributed by atoms with van der Waals surface area (Å²) in [5.41, 5.74) is 1.90. The Bertz CT molecular complexity index is 753. The van der Waals surface area contributed by atoms with Gasteiger partial charge in [0.15, 0.2) is 5.65 Å². The van der Waals surface area contributed by atoms with Crippen molar-refractivity contribution in [2.24, 2.45) is 0 Å². The maximum atomic E-state index is 12.2. The molecule has 6 heteroatoms. The average Bonchev–Trinajstić information content (AvgIpc) is 2.88. The van der Waals surface area contributed by atoms with E-state index in [-0.39, 0.29) is 5.91 Å². The maximum absolute atomic E-state index is 12.2. The van der Waals surface area contributed by atoms with E-state index >= 15 is 0 Å². The van der Waals surface area contributed by atoms with E-state index in [4.69, 9.17) is 0 Å². The number of amides is 1. The number of carbonyl (C=O) groups excluding carboxylic acids is 1. The first-order chi connectivity index (χ1) is 9.25. The lowest BCUT2D eigenvalue weighted by Gasteiger charge is -2.07. The molecule has 5 nitrogen and oxygen atoms in total. The van der Waals surface area contributed by atoms with Gasteiger partial charge in [-0.1, -0.05) is 12.1 Å². The van der Waals surface area contributed by atoms with Gasteiger partial charge in [0.25, 0.3) is 5.91 Å². The highest BCUT2D eigenvalue weighted by Gasteiger charge is 2.11. The van der Waals surface area contributed by atoms with Gasteiger partial charge in [0.05, 0.1) is 22.8 Å². The summed E-state index contributed by atoms with van der Waals surface area (Å²) in [6, 6.07) is 9.01. The Morgan fingerprint density at radius 3 is 2.95 bits per heavy atom. The van der Waals surface area contributed by atoms with Crippen molar-refractivity contribution in [1.82, 2.24) is 15.2 Å². The van der Waals surface area contributed by atoms with E-state index in [1.807, 2.05) is 18.2 Å². The highest BCUT2D eigenvalue weighted by Crippen LogP contribution is 2.22. The Morgan fingerprint density at radius 1 is 1.26 bits per heavy atom. The quantitative estimate of drug-likeness (QED) is 0.763. The van der Waals surface area contributed by atoms with Crippen LogP contribution in [0.5, 0.6) is 0 Å². The minimum Gasteiger partial charge on any atom is -0.321 e. The first kappa shape index (κ1) is 11.9. The van der Waals surface area contributed by atoms with Gasteiger partial charge < -0.3 is 5.32 Å². The van der Waals surface area contributed by atoms with E-state index in [1.54, 1.807) is 24.5 Å². The summed E-state index contributed by atoms with van der Waals surface area (Å²) in [6.45, 7) is 0. The third-order valence-corrected chi connectivity index (χ3v) is 3.41. The second-order valence-electron chi connectivity index (χ2n) is 3.92. The van der Waals surface area contributed by atoms with Crippen molar-refractivity contribution in [3.8, 4) is 0 Å². The van der Waals surface area contributed by atoms with Crippen LogP contribution in [0.1, 0.15) is 10.4 Å². The number of halogens is 1. The SMILES string of the molecule is O=C(Nc1ccnc2[nH]ncc12)c1ccccc1Br. The van der Waals surface area contributed by atoms with Crippen molar-refractivity contribution in [3.05, 3.63) is 52.8 Å². The van der Waals surface area contributed by atoms with Gasteiger partial charge in [-0.05, 0) is 34.1 Å². The Hall–Kier alpha value is -2.21. The van der Waals surface area contributed by atoms with E-state index < -0.39 is 0 Å². The van der Waals surface area contributed by atoms with Gasteiger partial charge in [0, 0.05) is 10.7 Å². The van der Waals surface area contributed by atoms with E-state index in [2.05, 4.69) is 36.4 Å². The van der Waals surface area contributed by atoms with Crippen molar-refractivity contribution in [2.45, 2.75) is 0 Å². The Balaban J connectivity index is 1.95. The second kappa shape index (κ2) is 4.81. The van der Waals surface area contributed by atoms with Crippen LogP contribution >= 0.6 is 15.9 Å². The van der Waals surface area contributed by atoms with Crippen LogP contribution in [0.3, 0.4) is 0 Å². The van der Waals surface area contributed by atoms with Crippen molar-refractivity contribution >= 4 is 38.6 Å². The van der Waals surface area contributed by atoms with Crippen LogP contribution in [-0.4, -0.2) is 21.1 Å². The summed E-state index contributed by atoms with van der Waals surface area (Å²) < 4.78 is 0.755. The fourth-order valence-electron chi connectivity index (χ4n) is 1.79. The van der Waals surface area contributed by atoms with Gasteiger partial charge in [-0.3, -0.25) is 9.89 Å². The Kier molecular flexibility index (Phi) is 3.00. The number of carbonyl (C=O) groups is 1. The first-order valence-corrected chi connectivity index (χ1v) is 6.39. The molecule has 0 radical (unpaired) electrons. The molecule has 1 aromatic carbocycles. The molecular formula is C13H9BrN4O. The number of hydrogen-bond acceptors (Lipinski definition) is 3. The Labute approximate surface area is 117 Å². The van der Waals surface area contributed by atoms with Crippen LogP contribution in [-0.2, 0) is 0 Å². The molecule has 0 saturated carbocycles. The molecule has 0 atom stereocenters. The number of aromatic amines is 1. The molecule has 3 aromatic rings. The fourth-order valence-corrected chi connectivity index (χ4v) is 2.26.